The van der Waals surface area contributed by atoms with Crippen LogP contribution in [0, 0.1) is 6.92 Å². The van der Waals surface area contributed by atoms with E-state index in [4.69, 9.17) is 11.6 Å². The SMILES string of the molecule is Cc1ccnc(N(C)C2CCCCC2Cl)c1Br. The Kier molecular flexibility index (Phi) is 4.31. The van der Waals surface area contributed by atoms with Gasteiger partial charge in [0.15, 0.2) is 0 Å². The minimum Gasteiger partial charge on any atom is -0.354 e. The van der Waals surface area contributed by atoms with Crippen LogP contribution in [0.25, 0.3) is 0 Å². The number of nitrogens with zero attached hydrogens (tertiary/aromatic N) is 2. The Hall–Kier alpha value is -0.280. The third-order valence-electron chi connectivity index (χ3n) is 3.54. The monoisotopic (exact) mass is 316 g/mol. The van der Waals surface area contributed by atoms with Gasteiger partial charge in [0.25, 0.3) is 0 Å². The highest BCUT2D eigenvalue weighted by atomic mass is 79.9. The highest BCUT2D eigenvalue weighted by molar-refractivity contribution is 9.10. The molecule has 1 aliphatic carbocycles. The van der Waals surface area contributed by atoms with Crippen molar-refractivity contribution >= 4 is 33.3 Å². The molecule has 1 heterocycles. The third-order valence-corrected chi connectivity index (χ3v) is 5.03. The lowest BCUT2D eigenvalue weighted by atomic mass is 9.94. The Bertz CT molecular complexity index is 397. The number of alkyl halides is 1. The summed E-state index contributed by atoms with van der Waals surface area (Å²) in [5.74, 6) is 1.00. The van der Waals surface area contributed by atoms with Gasteiger partial charge in [-0.3, -0.25) is 0 Å². The van der Waals surface area contributed by atoms with Crippen LogP contribution in [0.2, 0.25) is 0 Å². The molecule has 2 unspecified atom stereocenters. The van der Waals surface area contributed by atoms with Crippen molar-refractivity contribution in [2.45, 2.75) is 44.0 Å². The molecule has 17 heavy (non-hydrogen) atoms. The van der Waals surface area contributed by atoms with Crippen LogP contribution in [0.1, 0.15) is 31.2 Å². The van der Waals surface area contributed by atoms with Crippen molar-refractivity contribution in [2.24, 2.45) is 0 Å². The van der Waals surface area contributed by atoms with E-state index >= 15 is 0 Å². The van der Waals surface area contributed by atoms with E-state index in [9.17, 15) is 0 Å². The Morgan fingerprint density at radius 1 is 1.41 bits per heavy atom. The van der Waals surface area contributed by atoms with Gasteiger partial charge in [-0.25, -0.2) is 4.98 Å². The first-order valence-corrected chi connectivity index (χ1v) is 7.32. The molecule has 0 amide bonds. The number of aromatic nitrogens is 1. The Morgan fingerprint density at radius 2 is 2.12 bits per heavy atom. The van der Waals surface area contributed by atoms with Crippen LogP contribution < -0.4 is 4.90 Å². The first-order valence-electron chi connectivity index (χ1n) is 6.09. The summed E-state index contributed by atoms with van der Waals surface area (Å²) in [6.07, 6.45) is 6.65. The van der Waals surface area contributed by atoms with Gasteiger partial charge >= 0.3 is 0 Å². The van der Waals surface area contributed by atoms with Gasteiger partial charge in [0.1, 0.15) is 5.82 Å². The number of pyridine rings is 1. The van der Waals surface area contributed by atoms with Gasteiger partial charge in [0, 0.05) is 19.3 Å². The maximum absolute atomic E-state index is 6.43. The zero-order valence-electron chi connectivity index (χ0n) is 10.3. The summed E-state index contributed by atoms with van der Waals surface area (Å²) >= 11 is 10.1. The number of anilines is 1. The van der Waals surface area contributed by atoms with Crippen molar-refractivity contribution in [1.82, 2.24) is 4.98 Å². The van der Waals surface area contributed by atoms with E-state index in [1.807, 2.05) is 12.3 Å². The lowest BCUT2D eigenvalue weighted by Gasteiger charge is -2.36. The molecule has 1 aromatic rings. The van der Waals surface area contributed by atoms with Crippen molar-refractivity contribution in [3.63, 3.8) is 0 Å². The smallest absolute Gasteiger partial charge is 0.143 e. The molecule has 2 rings (SSSR count). The second-order valence-corrected chi connectivity index (χ2v) is 6.10. The molecule has 94 valence electrons. The highest BCUT2D eigenvalue weighted by Crippen LogP contribution is 2.33. The topological polar surface area (TPSA) is 16.1 Å². The second-order valence-electron chi connectivity index (χ2n) is 4.74. The van der Waals surface area contributed by atoms with E-state index in [1.54, 1.807) is 0 Å². The van der Waals surface area contributed by atoms with Crippen molar-refractivity contribution in [2.75, 3.05) is 11.9 Å². The largest absolute Gasteiger partial charge is 0.354 e. The van der Waals surface area contributed by atoms with Gasteiger partial charge in [-0.05, 0) is 47.3 Å². The summed E-state index contributed by atoms with van der Waals surface area (Å²) in [6, 6.07) is 2.41. The molecule has 1 fully saturated rings. The van der Waals surface area contributed by atoms with Crippen LogP contribution in [0.15, 0.2) is 16.7 Å². The van der Waals surface area contributed by atoms with E-state index < -0.39 is 0 Å². The molecule has 0 aromatic carbocycles. The van der Waals surface area contributed by atoms with Gasteiger partial charge in [-0.2, -0.15) is 0 Å². The van der Waals surface area contributed by atoms with Gasteiger partial charge < -0.3 is 4.90 Å². The van der Waals surface area contributed by atoms with Crippen LogP contribution in [0.3, 0.4) is 0 Å². The zero-order chi connectivity index (χ0) is 12.4. The fraction of sp³-hybridized carbons (Fsp3) is 0.615. The first kappa shape index (κ1) is 13.2. The maximum Gasteiger partial charge on any atom is 0.143 e. The molecular weight excluding hydrogens is 300 g/mol. The van der Waals surface area contributed by atoms with Crippen molar-refractivity contribution in [3.8, 4) is 0 Å². The quantitative estimate of drug-likeness (QED) is 0.762. The fourth-order valence-corrected chi connectivity index (χ4v) is 3.39. The summed E-state index contributed by atoms with van der Waals surface area (Å²) < 4.78 is 1.08. The molecule has 2 atom stereocenters. The first-order chi connectivity index (χ1) is 8.11. The van der Waals surface area contributed by atoms with Crippen LogP contribution in [-0.4, -0.2) is 23.5 Å². The van der Waals surface area contributed by atoms with Crippen molar-refractivity contribution in [1.29, 1.82) is 0 Å². The average molecular weight is 318 g/mol. The molecule has 2 nitrogen and oxygen atoms in total. The molecule has 0 N–H and O–H groups in total. The summed E-state index contributed by atoms with van der Waals surface area (Å²) in [6.45, 7) is 2.09. The normalized spacial score (nSPS) is 24.7. The average Bonchev–Trinajstić information content (AvgIpc) is 2.32. The molecule has 0 radical (unpaired) electrons. The number of aryl methyl sites for hydroxylation is 1. The van der Waals surface area contributed by atoms with E-state index in [1.165, 1.54) is 18.4 Å². The minimum absolute atomic E-state index is 0.239. The molecular formula is C13H18BrClN2. The molecule has 1 aromatic heterocycles. The number of hydrogen-bond donors (Lipinski definition) is 0. The van der Waals surface area contributed by atoms with Crippen molar-refractivity contribution < 1.29 is 0 Å². The molecule has 1 aliphatic rings. The van der Waals surface area contributed by atoms with Crippen LogP contribution in [0.5, 0.6) is 0 Å². The summed E-state index contributed by atoms with van der Waals surface area (Å²) in [5.41, 5.74) is 1.21. The molecule has 4 heteroatoms. The van der Waals surface area contributed by atoms with Gasteiger partial charge in [0.2, 0.25) is 0 Å². The Balaban J connectivity index is 2.23. The summed E-state index contributed by atoms with van der Waals surface area (Å²) in [7, 11) is 2.10. The van der Waals surface area contributed by atoms with Gasteiger partial charge in [-0.1, -0.05) is 12.8 Å². The Labute approximate surface area is 116 Å². The Morgan fingerprint density at radius 3 is 2.82 bits per heavy atom. The third kappa shape index (κ3) is 2.76. The summed E-state index contributed by atoms with van der Waals surface area (Å²) in [4.78, 5) is 6.70. The van der Waals surface area contributed by atoms with Crippen LogP contribution in [-0.2, 0) is 0 Å². The molecule has 0 aliphatic heterocycles. The zero-order valence-corrected chi connectivity index (χ0v) is 12.6. The maximum atomic E-state index is 6.43. The van der Waals surface area contributed by atoms with Gasteiger partial charge in [0.05, 0.1) is 9.85 Å². The summed E-state index contributed by atoms with van der Waals surface area (Å²) in [5, 5.41) is 0.239. The van der Waals surface area contributed by atoms with E-state index in [0.29, 0.717) is 6.04 Å². The lowest BCUT2D eigenvalue weighted by Crippen LogP contribution is -2.41. The van der Waals surface area contributed by atoms with Crippen molar-refractivity contribution in [3.05, 3.63) is 22.3 Å². The molecule has 0 saturated heterocycles. The number of rotatable bonds is 2. The lowest BCUT2D eigenvalue weighted by molar-refractivity contribution is 0.432. The molecule has 1 saturated carbocycles. The van der Waals surface area contributed by atoms with Gasteiger partial charge in [-0.15, -0.1) is 11.6 Å². The van der Waals surface area contributed by atoms with E-state index in [0.717, 1.165) is 23.1 Å². The predicted molar refractivity (Wildman–Crippen MR) is 77.0 cm³/mol. The molecule has 0 spiro atoms. The standard InChI is InChI=1S/C13H18BrClN2/c1-9-7-8-16-13(12(9)14)17(2)11-6-4-3-5-10(11)15/h7-8,10-11H,3-6H2,1-2H3. The van der Waals surface area contributed by atoms with Crippen LogP contribution in [0.4, 0.5) is 5.82 Å². The highest BCUT2D eigenvalue weighted by Gasteiger charge is 2.28. The second kappa shape index (κ2) is 5.57. The number of halogens is 2. The molecule has 0 bridgehead atoms. The van der Waals surface area contributed by atoms with E-state index in [-0.39, 0.29) is 5.38 Å². The predicted octanol–water partition coefficient (Wildman–Crippen LogP) is 4.14. The van der Waals surface area contributed by atoms with Crippen LogP contribution >= 0.6 is 27.5 Å². The number of hydrogen-bond acceptors (Lipinski definition) is 2. The van der Waals surface area contributed by atoms with E-state index in [2.05, 4.69) is 39.8 Å². The minimum atomic E-state index is 0.239. The fourth-order valence-electron chi connectivity index (χ4n) is 2.43.